The van der Waals surface area contributed by atoms with Crippen molar-refractivity contribution in [2.24, 2.45) is 0 Å². The number of carboxylic acid groups (broad SMARTS) is 1. The Bertz CT molecular complexity index is 338. The number of benzene rings is 1. The van der Waals surface area contributed by atoms with Crippen LogP contribution in [0.1, 0.15) is 12.0 Å². The number of aliphatic carboxylic acids is 1. The van der Waals surface area contributed by atoms with E-state index in [1.807, 2.05) is 24.3 Å². The highest BCUT2D eigenvalue weighted by Crippen LogP contribution is 2.12. The van der Waals surface area contributed by atoms with Gasteiger partial charge in [0, 0.05) is 6.08 Å². The molecule has 0 aliphatic carbocycles. The van der Waals surface area contributed by atoms with Gasteiger partial charge in [-0.05, 0) is 30.5 Å². The summed E-state index contributed by atoms with van der Waals surface area (Å²) in [6.45, 7) is 0. The van der Waals surface area contributed by atoms with Gasteiger partial charge in [-0.3, -0.25) is 0 Å². The molecule has 0 heterocycles. The normalized spacial score (nSPS) is 10.5. The number of ether oxygens (including phenoxy) is 1. The third-order valence-electron chi connectivity index (χ3n) is 2.02. The van der Waals surface area contributed by atoms with Crippen LogP contribution in [-0.2, 0) is 11.2 Å². The van der Waals surface area contributed by atoms with Crippen LogP contribution < -0.4 is 4.74 Å². The van der Waals surface area contributed by atoms with Crippen LogP contribution in [0.3, 0.4) is 0 Å². The second-order valence-corrected chi connectivity index (χ2v) is 3.13. The molecule has 0 bridgehead atoms. The first-order valence-corrected chi connectivity index (χ1v) is 4.75. The molecule has 0 radical (unpaired) electrons. The van der Waals surface area contributed by atoms with Crippen LogP contribution in [0.5, 0.6) is 5.75 Å². The fourth-order valence-corrected chi connectivity index (χ4v) is 1.23. The molecule has 1 aromatic rings. The van der Waals surface area contributed by atoms with E-state index >= 15 is 0 Å². The van der Waals surface area contributed by atoms with Gasteiger partial charge in [-0.25, -0.2) is 4.79 Å². The van der Waals surface area contributed by atoms with E-state index in [1.165, 1.54) is 11.6 Å². The molecular weight excluding hydrogens is 192 g/mol. The maximum Gasteiger partial charge on any atom is 0.327 e. The van der Waals surface area contributed by atoms with Crippen molar-refractivity contribution >= 4 is 5.97 Å². The molecule has 0 atom stereocenters. The predicted octanol–water partition coefficient (Wildman–Crippen LogP) is 2.27. The number of rotatable bonds is 5. The zero-order valence-electron chi connectivity index (χ0n) is 8.64. The standard InChI is InChI=1S/C12H14O3/c1-15-11-8-6-10(7-9-11)4-2-3-5-12(13)14/h3,5-9H,2,4H2,1H3,(H,13,14)/b5-3+. The zero-order valence-corrected chi connectivity index (χ0v) is 8.64. The largest absolute Gasteiger partial charge is 0.497 e. The summed E-state index contributed by atoms with van der Waals surface area (Å²) in [6, 6.07) is 7.76. The summed E-state index contributed by atoms with van der Waals surface area (Å²) in [7, 11) is 1.63. The third-order valence-corrected chi connectivity index (χ3v) is 2.02. The van der Waals surface area contributed by atoms with Crippen molar-refractivity contribution in [3.05, 3.63) is 42.0 Å². The molecule has 0 saturated carbocycles. The fourth-order valence-electron chi connectivity index (χ4n) is 1.23. The first kappa shape index (κ1) is 11.3. The molecule has 0 fully saturated rings. The SMILES string of the molecule is COc1ccc(CC/C=C/C(=O)O)cc1. The Balaban J connectivity index is 2.41. The number of hydrogen-bond acceptors (Lipinski definition) is 2. The van der Waals surface area contributed by atoms with Crippen molar-refractivity contribution in [1.29, 1.82) is 0 Å². The second-order valence-electron chi connectivity index (χ2n) is 3.13. The van der Waals surface area contributed by atoms with Crippen LogP contribution >= 0.6 is 0 Å². The minimum Gasteiger partial charge on any atom is -0.497 e. The van der Waals surface area contributed by atoms with Crippen molar-refractivity contribution in [2.45, 2.75) is 12.8 Å². The molecule has 15 heavy (non-hydrogen) atoms. The summed E-state index contributed by atoms with van der Waals surface area (Å²) < 4.78 is 5.03. The molecule has 0 amide bonds. The van der Waals surface area contributed by atoms with Gasteiger partial charge < -0.3 is 9.84 Å². The predicted molar refractivity (Wildman–Crippen MR) is 58.1 cm³/mol. The number of carboxylic acids is 1. The van der Waals surface area contributed by atoms with Gasteiger partial charge in [-0.15, -0.1) is 0 Å². The molecule has 80 valence electrons. The van der Waals surface area contributed by atoms with Gasteiger partial charge >= 0.3 is 5.97 Å². The Kier molecular flexibility index (Phi) is 4.41. The quantitative estimate of drug-likeness (QED) is 0.752. The first-order valence-electron chi connectivity index (χ1n) is 4.75. The van der Waals surface area contributed by atoms with E-state index in [0.717, 1.165) is 18.6 Å². The minimum atomic E-state index is -0.898. The van der Waals surface area contributed by atoms with E-state index in [1.54, 1.807) is 13.2 Å². The first-order chi connectivity index (χ1) is 7.22. The molecule has 0 aliphatic rings. The lowest BCUT2D eigenvalue weighted by Gasteiger charge is -2.01. The summed E-state index contributed by atoms with van der Waals surface area (Å²) in [4.78, 5) is 10.2. The molecule has 0 aliphatic heterocycles. The number of carbonyl (C=O) groups is 1. The molecule has 3 heteroatoms. The minimum absolute atomic E-state index is 0.735. The third kappa shape index (κ3) is 4.31. The van der Waals surface area contributed by atoms with Gasteiger partial charge in [0.1, 0.15) is 5.75 Å². The summed E-state index contributed by atoms with van der Waals surface area (Å²) >= 11 is 0. The summed E-state index contributed by atoms with van der Waals surface area (Å²) in [5, 5.41) is 8.38. The van der Waals surface area contributed by atoms with Crippen molar-refractivity contribution in [2.75, 3.05) is 7.11 Å². The zero-order chi connectivity index (χ0) is 11.1. The van der Waals surface area contributed by atoms with Gasteiger partial charge in [0.15, 0.2) is 0 Å². The van der Waals surface area contributed by atoms with E-state index in [4.69, 9.17) is 9.84 Å². The average Bonchev–Trinajstić information content (AvgIpc) is 2.25. The van der Waals surface area contributed by atoms with Crippen molar-refractivity contribution < 1.29 is 14.6 Å². The molecule has 0 spiro atoms. The Morgan fingerprint density at radius 2 is 2.07 bits per heavy atom. The number of hydrogen-bond donors (Lipinski definition) is 1. The summed E-state index contributed by atoms with van der Waals surface area (Å²) in [5.41, 5.74) is 1.17. The lowest BCUT2D eigenvalue weighted by Crippen LogP contribution is -1.88. The van der Waals surface area contributed by atoms with Gasteiger partial charge in [0.2, 0.25) is 0 Å². The van der Waals surface area contributed by atoms with Gasteiger partial charge in [0.25, 0.3) is 0 Å². The number of methoxy groups -OCH3 is 1. The van der Waals surface area contributed by atoms with Crippen LogP contribution in [0.25, 0.3) is 0 Å². The fraction of sp³-hybridized carbons (Fsp3) is 0.250. The second kappa shape index (κ2) is 5.86. The molecular formula is C12H14O3. The Morgan fingerprint density at radius 3 is 2.60 bits per heavy atom. The average molecular weight is 206 g/mol. The molecule has 1 N–H and O–H groups in total. The Hall–Kier alpha value is -1.77. The highest BCUT2D eigenvalue weighted by atomic mass is 16.5. The maximum absolute atomic E-state index is 10.2. The molecule has 0 saturated heterocycles. The van der Waals surface area contributed by atoms with Crippen LogP contribution in [0.15, 0.2) is 36.4 Å². The van der Waals surface area contributed by atoms with Crippen LogP contribution in [0.2, 0.25) is 0 Å². The van der Waals surface area contributed by atoms with E-state index in [9.17, 15) is 4.79 Å². The van der Waals surface area contributed by atoms with Crippen molar-refractivity contribution in [3.63, 3.8) is 0 Å². The molecule has 3 nitrogen and oxygen atoms in total. The molecule has 1 rings (SSSR count). The summed E-state index contributed by atoms with van der Waals surface area (Å²) in [5.74, 6) is -0.0652. The van der Waals surface area contributed by atoms with E-state index in [2.05, 4.69) is 0 Å². The van der Waals surface area contributed by atoms with E-state index in [-0.39, 0.29) is 0 Å². The van der Waals surface area contributed by atoms with Crippen LogP contribution in [-0.4, -0.2) is 18.2 Å². The van der Waals surface area contributed by atoms with E-state index < -0.39 is 5.97 Å². The van der Waals surface area contributed by atoms with Gasteiger partial charge in [0.05, 0.1) is 7.11 Å². The maximum atomic E-state index is 10.2. The molecule has 0 unspecified atom stereocenters. The topological polar surface area (TPSA) is 46.5 Å². The Morgan fingerprint density at radius 1 is 1.40 bits per heavy atom. The molecule has 1 aromatic carbocycles. The van der Waals surface area contributed by atoms with Crippen LogP contribution in [0.4, 0.5) is 0 Å². The van der Waals surface area contributed by atoms with Gasteiger partial charge in [-0.1, -0.05) is 18.2 Å². The smallest absolute Gasteiger partial charge is 0.327 e. The van der Waals surface area contributed by atoms with Crippen molar-refractivity contribution in [1.82, 2.24) is 0 Å². The van der Waals surface area contributed by atoms with E-state index in [0.29, 0.717) is 0 Å². The lowest BCUT2D eigenvalue weighted by atomic mass is 10.1. The Labute approximate surface area is 89.0 Å². The number of aryl methyl sites for hydroxylation is 1. The van der Waals surface area contributed by atoms with Crippen molar-refractivity contribution in [3.8, 4) is 5.75 Å². The van der Waals surface area contributed by atoms with Gasteiger partial charge in [-0.2, -0.15) is 0 Å². The number of allylic oxidation sites excluding steroid dienone is 1. The monoisotopic (exact) mass is 206 g/mol. The van der Waals surface area contributed by atoms with Crippen LogP contribution in [0, 0.1) is 0 Å². The molecule has 0 aromatic heterocycles. The highest BCUT2D eigenvalue weighted by molar-refractivity contribution is 5.79. The lowest BCUT2D eigenvalue weighted by molar-refractivity contribution is -0.131. The highest BCUT2D eigenvalue weighted by Gasteiger charge is 1.93. The summed E-state index contributed by atoms with van der Waals surface area (Å²) in [6.07, 6.45) is 4.41.